The number of rotatable bonds is 7. The lowest BCUT2D eigenvalue weighted by atomic mass is 10.1. The minimum Gasteiger partial charge on any atom is -0.508 e. The van der Waals surface area contributed by atoms with Gasteiger partial charge in [0.2, 0.25) is 0 Å². The second-order valence-electron chi connectivity index (χ2n) is 7.29. The molecular formula is C22H23N3O3. The summed E-state index contributed by atoms with van der Waals surface area (Å²) in [5.74, 6) is 0.669. The van der Waals surface area contributed by atoms with Gasteiger partial charge >= 0.3 is 0 Å². The first-order valence-electron chi connectivity index (χ1n) is 9.46. The SMILES string of the molecule is O=C(NCC(O)c1ccc(O)cc1)c1ccc(-c2cnn(CC3CC3)c2)cc1. The zero-order chi connectivity index (χ0) is 19.5. The molecule has 0 saturated heterocycles. The van der Waals surface area contributed by atoms with Crippen molar-refractivity contribution >= 4 is 5.91 Å². The highest BCUT2D eigenvalue weighted by Crippen LogP contribution is 2.31. The van der Waals surface area contributed by atoms with Crippen LogP contribution in [0.1, 0.15) is 34.9 Å². The molecule has 3 aromatic rings. The molecule has 1 atom stereocenters. The fourth-order valence-corrected chi connectivity index (χ4v) is 3.10. The molecule has 6 nitrogen and oxygen atoms in total. The number of carbonyl (C=O) groups is 1. The van der Waals surface area contributed by atoms with Gasteiger partial charge in [0.05, 0.1) is 12.3 Å². The van der Waals surface area contributed by atoms with Crippen LogP contribution < -0.4 is 5.32 Å². The molecule has 1 aromatic heterocycles. The minimum atomic E-state index is -0.832. The third-order valence-electron chi connectivity index (χ3n) is 4.99. The Morgan fingerprint density at radius 1 is 1.11 bits per heavy atom. The highest BCUT2D eigenvalue weighted by Gasteiger charge is 2.22. The van der Waals surface area contributed by atoms with Gasteiger partial charge in [-0.2, -0.15) is 5.10 Å². The van der Waals surface area contributed by atoms with E-state index < -0.39 is 6.10 Å². The Balaban J connectivity index is 1.34. The van der Waals surface area contributed by atoms with Gasteiger partial charge in [-0.3, -0.25) is 9.48 Å². The quantitative estimate of drug-likeness (QED) is 0.590. The molecule has 1 amide bonds. The van der Waals surface area contributed by atoms with E-state index in [2.05, 4.69) is 10.4 Å². The van der Waals surface area contributed by atoms with E-state index in [1.165, 1.54) is 25.0 Å². The molecule has 1 fully saturated rings. The molecule has 0 spiro atoms. The predicted molar refractivity (Wildman–Crippen MR) is 106 cm³/mol. The molecule has 6 heteroatoms. The van der Waals surface area contributed by atoms with E-state index in [0.717, 1.165) is 23.6 Å². The number of aromatic hydroxyl groups is 1. The topological polar surface area (TPSA) is 87.4 Å². The first kappa shape index (κ1) is 18.3. The Labute approximate surface area is 163 Å². The van der Waals surface area contributed by atoms with E-state index in [0.29, 0.717) is 11.1 Å². The van der Waals surface area contributed by atoms with E-state index >= 15 is 0 Å². The minimum absolute atomic E-state index is 0.0965. The van der Waals surface area contributed by atoms with Crippen LogP contribution in [0.25, 0.3) is 11.1 Å². The third-order valence-corrected chi connectivity index (χ3v) is 4.99. The summed E-state index contributed by atoms with van der Waals surface area (Å²) in [4.78, 5) is 12.3. The summed E-state index contributed by atoms with van der Waals surface area (Å²) >= 11 is 0. The number of amides is 1. The number of aliphatic hydroxyl groups excluding tert-OH is 1. The Kier molecular flexibility index (Phi) is 5.12. The average Bonchev–Trinajstić information content (AvgIpc) is 3.41. The maximum atomic E-state index is 12.3. The molecular weight excluding hydrogens is 354 g/mol. The summed E-state index contributed by atoms with van der Waals surface area (Å²) in [6.07, 6.45) is 5.65. The van der Waals surface area contributed by atoms with Crippen molar-refractivity contribution in [2.75, 3.05) is 6.54 Å². The number of hydrogen-bond acceptors (Lipinski definition) is 4. The molecule has 0 radical (unpaired) electrons. The number of aromatic nitrogens is 2. The van der Waals surface area contributed by atoms with Crippen molar-refractivity contribution in [1.29, 1.82) is 0 Å². The maximum Gasteiger partial charge on any atom is 0.251 e. The summed E-state index contributed by atoms with van der Waals surface area (Å²) < 4.78 is 1.98. The first-order chi connectivity index (χ1) is 13.6. The zero-order valence-electron chi connectivity index (χ0n) is 15.5. The van der Waals surface area contributed by atoms with E-state index in [1.54, 1.807) is 24.3 Å². The third kappa shape index (κ3) is 4.40. The zero-order valence-corrected chi connectivity index (χ0v) is 15.5. The monoisotopic (exact) mass is 377 g/mol. The number of aliphatic hydroxyl groups is 1. The Morgan fingerprint density at radius 2 is 1.82 bits per heavy atom. The van der Waals surface area contributed by atoms with Gasteiger partial charge in [0, 0.05) is 30.4 Å². The highest BCUT2D eigenvalue weighted by atomic mass is 16.3. The van der Waals surface area contributed by atoms with Crippen molar-refractivity contribution in [3.8, 4) is 16.9 Å². The molecule has 1 saturated carbocycles. The van der Waals surface area contributed by atoms with E-state index in [4.69, 9.17) is 0 Å². The molecule has 4 rings (SSSR count). The van der Waals surface area contributed by atoms with Crippen LogP contribution in [0.5, 0.6) is 5.75 Å². The number of phenols is 1. The summed E-state index contributed by atoms with van der Waals surface area (Å²) in [6.45, 7) is 1.07. The normalized spacial score (nSPS) is 14.6. The molecule has 144 valence electrons. The summed E-state index contributed by atoms with van der Waals surface area (Å²) in [7, 11) is 0. The van der Waals surface area contributed by atoms with Gasteiger partial charge < -0.3 is 15.5 Å². The lowest BCUT2D eigenvalue weighted by Gasteiger charge is -2.12. The van der Waals surface area contributed by atoms with Crippen LogP contribution in [0.4, 0.5) is 0 Å². The molecule has 0 bridgehead atoms. The standard InChI is InChI=1S/C22H23N3O3/c26-20-9-7-17(8-10-20)21(27)12-23-22(28)18-5-3-16(4-6-18)19-11-24-25(14-19)13-15-1-2-15/h3-11,14-15,21,26-27H,1-2,12-13H2,(H,23,28). The van der Waals surface area contributed by atoms with Gasteiger partial charge in [-0.1, -0.05) is 24.3 Å². The van der Waals surface area contributed by atoms with E-state index in [-0.39, 0.29) is 18.2 Å². The van der Waals surface area contributed by atoms with Gasteiger partial charge in [0.1, 0.15) is 5.75 Å². The van der Waals surface area contributed by atoms with Crippen LogP contribution in [0.15, 0.2) is 60.9 Å². The Morgan fingerprint density at radius 3 is 2.50 bits per heavy atom. The van der Waals surface area contributed by atoms with Crippen molar-refractivity contribution in [2.24, 2.45) is 5.92 Å². The molecule has 1 heterocycles. The van der Waals surface area contributed by atoms with Gasteiger partial charge in [-0.05, 0) is 54.2 Å². The fraction of sp³-hybridized carbons (Fsp3) is 0.273. The molecule has 28 heavy (non-hydrogen) atoms. The maximum absolute atomic E-state index is 12.3. The van der Waals surface area contributed by atoms with Crippen LogP contribution in [-0.4, -0.2) is 32.4 Å². The Hall–Kier alpha value is -3.12. The van der Waals surface area contributed by atoms with Crippen LogP contribution in [-0.2, 0) is 6.54 Å². The van der Waals surface area contributed by atoms with Crippen molar-refractivity contribution in [3.63, 3.8) is 0 Å². The number of nitrogens with one attached hydrogen (secondary N) is 1. The smallest absolute Gasteiger partial charge is 0.251 e. The van der Waals surface area contributed by atoms with Crippen LogP contribution in [0.2, 0.25) is 0 Å². The Bertz CT molecular complexity index is 944. The lowest BCUT2D eigenvalue weighted by Crippen LogP contribution is -2.28. The number of benzene rings is 2. The summed E-state index contributed by atoms with van der Waals surface area (Å²) in [5.41, 5.74) is 3.22. The molecule has 3 N–H and O–H groups in total. The number of hydrogen-bond donors (Lipinski definition) is 3. The molecule has 1 aliphatic carbocycles. The second-order valence-corrected chi connectivity index (χ2v) is 7.29. The van der Waals surface area contributed by atoms with Crippen molar-refractivity contribution in [3.05, 3.63) is 72.1 Å². The second kappa shape index (κ2) is 7.86. The average molecular weight is 377 g/mol. The first-order valence-corrected chi connectivity index (χ1v) is 9.46. The number of carbonyl (C=O) groups excluding carboxylic acids is 1. The highest BCUT2D eigenvalue weighted by molar-refractivity contribution is 5.94. The number of phenolic OH excluding ortho intramolecular Hbond substituents is 1. The van der Waals surface area contributed by atoms with Crippen LogP contribution in [0.3, 0.4) is 0 Å². The molecule has 0 aliphatic heterocycles. The molecule has 1 unspecified atom stereocenters. The van der Waals surface area contributed by atoms with E-state index in [1.807, 2.05) is 29.2 Å². The largest absolute Gasteiger partial charge is 0.508 e. The van der Waals surface area contributed by atoms with Crippen molar-refractivity contribution in [1.82, 2.24) is 15.1 Å². The van der Waals surface area contributed by atoms with Gasteiger partial charge in [0.25, 0.3) is 5.91 Å². The molecule has 2 aromatic carbocycles. The number of nitrogens with zero attached hydrogens (tertiary/aromatic N) is 2. The fourth-order valence-electron chi connectivity index (χ4n) is 3.10. The summed E-state index contributed by atoms with van der Waals surface area (Å²) in [5, 5.41) is 26.6. The van der Waals surface area contributed by atoms with Crippen LogP contribution >= 0.6 is 0 Å². The van der Waals surface area contributed by atoms with Gasteiger partial charge in [-0.15, -0.1) is 0 Å². The summed E-state index contributed by atoms with van der Waals surface area (Å²) in [6, 6.07) is 13.6. The van der Waals surface area contributed by atoms with Gasteiger partial charge in [0.15, 0.2) is 0 Å². The van der Waals surface area contributed by atoms with Crippen molar-refractivity contribution < 1.29 is 15.0 Å². The lowest BCUT2D eigenvalue weighted by molar-refractivity contribution is 0.0916. The van der Waals surface area contributed by atoms with Crippen LogP contribution in [0, 0.1) is 5.92 Å². The van der Waals surface area contributed by atoms with Crippen molar-refractivity contribution in [2.45, 2.75) is 25.5 Å². The van der Waals surface area contributed by atoms with E-state index in [9.17, 15) is 15.0 Å². The predicted octanol–water partition coefficient (Wildman–Crippen LogP) is 3.13. The molecule has 1 aliphatic rings. The van der Waals surface area contributed by atoms with Gasteiger partial charge in [-0.25, -0.2) is 0 Å².